The maximum atomic E-state index is 12.2. The minimum Gasteiger partial charge on any atom is -0.351 e. The maximum Gasteiger partial charge on any atom is 0.261 e. The van der Waals surface area contributed by atoms with E-state index in [2.05, 4.69) is 28.2 Å². The van der Waals surface area contributed by atoms with Gasteiger partial charge in [0, 0.05) is 27.3 Å². The quantitative estimate of drug-likeness (QED) is 0.794. The van der Waals surface area contributed by atoms with Gasteiger partial charge in [-0.05, 0) is 42.9 Å². The van der Waals surface area contributed by atoms with Crippen molar-refractivity contribution in [2.24, 2.45) is 5.41 Å². The Hall–Kier alpha value is -0.590. The van der Waals surface area contributed by atoms with Crippen LogP contribution in [-0.2, 0) is 9.05 Å². The van der Waals surface area contributed by atoms with Gasteiger partial charge in [0.25, 0.3) is 15.0 Å². The Morgan fingerprint density at radius 1 is 1.43 bits per heavy atom. The molecular formula is C14H17BrClNO3S. The molecule has 7 heteroatoms. The third-order valence-electron chi connectivity index (χ3n) is 4.06. The molecule has 0 radical (unpaired) electrons. The van der Waals surface area contributed by atoms with Crippen LogP contribution in [0, 0.1) is 12.3 Å². The van der Waals surface area contributed by atoms with Gasteiger partial charge < -0.3 is 5.32 Å². The van der Waals surface area contributed by atoms with Gasteiger partial charge in [0.2, 0.25) is 0 Å². The van der Waals surface area contributed by atoms with E-state index in [0.29, 0.717) is 16.6 Å². The predicted octanol–water partition coefficient (Wildman–Crippen LogP) is 3.61. The molecule has 0 unspecified atom stereocenters. The van der Waals surface area contributed by atoms with Crippen molar-refractivity contribution in [1.29, 1.82) is 0 Å². The largest absolute Gasteiger partial charge is 0.351 e. The van der Waals surface area contributed by atoms with E-state index in [0.717, 1.165) is 12.8 Å². The first-order valence-electron chi connectivity index (χ1n) is 6.65. The summed E-state index contributed by atoms with van der Waals surface area (Å²) in [5.74, 6) is -0.287. The lowest BCUT2D eigenvalue weighted by Crippen LogP contribution is -2.40. The number of nitrogens with one attached hydrogen (secondary N) is 1. The molecule has 1 aromatic rings. The van der Waals surface area contributed by atoms with Crippen LogP contribution in [0.4, 0.5) is 0 Å². The molecule has 4 nitrogen and oxygen atoms in total. The van der Waals surface area contributed by atoms with Gasteiger partial charge in [-0.2, -0.15) is 0 Å². The van der Waals surface area contributed by atoms with Gasteiger partial charge in [0.1, 0.15) is 0 Å². The normalized spacial score (nSPS) is 17.1. The number of carbonyl (C=O) groups excluding carboxylic acids is 1. The van der Waals surface area contributed by atoms with E-state index in [4.69, 9.17) is 10.7 Å². The zero-order chi connectivity index (χ0) is 15.8. The summed E-state index contributed by atoms with van der Waals surface area (Å²) in [4.78, 5) is 12.2. The second-order valence-electron chi connectivity index (χ2n) is 5.87. The SMILES string of the molecule is Cc1c(Br)cc(C(=O)NCC2(C)CCC2)cc1S(=O)(=O)Cl. The van der Waals surface area contributed by atoms with Crippen molar-refractivity contribution in [2.75, 3.05) is 6.54 Å². The third kappa shape index (κ3) is 3.79. The Bertz CT molecular complexity index is 684. The van der Waals surface area contributed by atoms with E-state index < -0.39 is 9.05 Å². The molecule has 1 N–H and O–H groups in total. The topological polar surface area (TPSA) is 63.2 Å². The first-order valence-corrected chi connectivity index (χ1v) is 9.76. The van der Waals surface area contributed by atoms with Crippen LogP contribution in [0.15, 0.2) is 21.5 Å². The van der Waals surface area contributed by atoms with Crippen LogP contribution < -0.4 is 5.32 Å². The first kappa shape index (κ1) is 16.8. The third-order valence-corrected chi connectivity index (χ3v) is 6.33. The Morgan fingerprint density at radius 3 is 2.52 bits per heavy atom. The molecule has 0 aliphatic heterocycles. The summed E-state index contributed by atoms with van der Waals surface area (Å²) in [6, 6.07) is 2.93. The van der Waals surface area contributed by atoms with Crippen molar-refractivity contribution < 1.29 is 13.2 Å². The molecule has 0 spiro atoms. The van der Waals surface area contributed by atoms with E-state index in [1.807, 2.05) is 0 Å². The molecule has 0 atom stereocenters. The highest BCUT2D eigenvalue weighted by Crippen LogP contribution is 2.39. The number of amides is 1. The number of hydrogen-bond acceptors (Lipinski definition) is 3. The standard InChI is InChI=1S/C14H17BrClNO3S/c1-9-11(15)6-10(7-12(9)21(16,19)20)13(18)17-8-14(2)4-3-5-14/h6-7H,3-5,8H2,1-2H3,(H,17,18). The molecule has 1 amide bonds. The molecule has 0 aromatic heterocycles. The number of hydrogen-bond donors (Lipinski definition) is 1. The Morgan fingerprint density at radius 2 is 2.05 bits per heavy atom. The molecule has 1 aromatic carbocycles. The first-order chi connectivity index (χ1) is 9.62. The van der Waals surface area contributed by atoms with Crippen LogP contribution in [0.1, 0.15) is 42.1 Å². The van der Waals surface area contributed by atoms with E-state index in [1.165, 1.54) is 12.5 Å². The fraction of sp³-hybridized carbons (Fsp3) is 0.500. The summed E-state index contributed by atoms with van der Waals surface area (Å²) < 4.78 is 23.7. The van der Waals surface area contributed by atoms with Gasteiger partial charge in [0.15, 0.2) is 0 Å². The zero-order valence-electron chi connectivity index (χ0n) is 11.9. The van der Waals surface area contributed by atoms with E-state index in [-0.39, 0.29) is 21.8 Å². The van der Waals surface area contributed by atoms with Crippen molar-refractivity contribution in [3.63, 3.8) is 0 Å². The number of benzene rings is 1. The predicted molar refractivity (Wildman–Crippen MR) is 86.2 cm³/mol. The lowest BCUT2D eigenvalue weighted by molar-refractivity contribution is 0.0890. The molecule has 116 valence electrons. The highest BCUT2D eigenvalue weighted by Gasteiger charge is 2.32. The van der Waals surface area contributed by atoms with E-state index in [1.54, 1.807) is 13.0 Å². The molecule has 0 bridgehead atoms. The summed E-state index contributed by atoms with van der Waals surface area (Å²) in [6.45, 7) is 4.37. The monoisotopic (exact) mass is 393 g/mol. The minimum absolute atomic E-state index is 0.0430. The average Bonchev–Trinajstić information content (AvgIpc) is 2.35. The van der Waals surface area contributed by atoms with Crippen LogP contribution >= 0.6 is 26.6 Å². The lowest BCUT2D eigenvalue weighted by atomic mass is 9.70. The van der Waals surface area contributed by atoms with Crippen molar-refractivity contribution in [2.45, 2.75) is 38.0 Å². The van der Waals surface area contributed by atoms with Crippen molar-refractivity contribution in [3.05, 3.63) is 27.7 Å². The highest BCUT2D eigenvalue weighted by atomic mass is 79.9. The van der Waals surface area contributed by atoms with Gasteiger partial charge in [-0.1, -0.05) is 29.3 Å². The van der Waals surface area contributed by atoms with Gasteiger partial charge in [-0.15, -0.1) is 0 Å². The molecular weight excluding hydrogens is 378 g/mol. The number of halogens is 2. The summed E-state index contributed by atoms with van der Waals surface area (Å²) in [7, 11) is 1.53. The summed E-state index contributed by atoms with van der Waals surface area (Å²) >= 11 is 3.27. The van der Waals surface area contributed by atoms with Gasteiger partial charge >= 0.3 is 0 Å². The fourth-order valence-electron chi connectivity index (χ4n) is 2.39. The van der Waals surface area contributed by atoms with E-state index >= 15 is 0 Å². The van der Waals surface area contributed by atoms with E-state index in [9.17, 15) is 13.2 Å². The summed E-state index contributed by atoms with van der Waals surface area (Å²) in [5.41, 5.74) is 0.945. The van der Waals surface area contributed by atoms with Crippen LogP contribution in [-0.4, -0.2) is 20.9 Å². The smallest absolute Gasteiger partial charge is 0.261 e. The lowest BCUT2D eigenvalue weighted by Gasteiger charge is -2.38. The van der Waals surface area contributed by atoms with Gasteiger partial charge in [-0.3, -0.25) is 4.79 Å². The van der Waals surface area contributed by atoms with Crippen molar-refractivity contribution >= 4 is 41.6 Å². The molecule has 1 aliphatic rings. The van der Waals surface area contributed by atoms with Crippen molar-refractivity contribution in [3.8, 4) is 0 Å². The second-order valence-corrected chi connectivity index (χ2v) is 9.25. The van der Waals surface area contributed by atoms with Gasteiger partial charge in [0.05, 0.1) is 4.90 Å². The summed E-state index contributed by atoms with van der Waals surface area (Å²) in [6.07, 6.45) is 3.40. The Balaban J connectivity index is 2.23. The minimum atomic E-state index is -3.89. The molecule has 0 saturated heterocycles. The summed E-state index contributed by atoms with van der Waals surface area (Å²) in [5, 5.41) is 2.87. The van der Waals surface area contributed by atoms with Crippen LogP contribution in [0.25, 0.3) is 0 Å². The Kier molecular flexibility index (Phi) is 4.71. The molecule has 1 saturated carbocycles. The highest BCUT2D eigenvalue weighted by molar-refractivity contribution is 9.10. The number of rotatable bonds is 4. The van der Waals surface area contributed by atoms with Crippen LogP contribution in [0.3, 0.4) is 0 Å². The molecule has 1 fully saturated rings. The van der Waals surface area contributed by atoms with Crippen molar-refractivity contribution in [1.82, 2.24) is 5.32 Å². The zero-order valence-corrected chi connectivity index (χ0v) is 15.0. The fourth-order valence-corrected chi connectivity index (χ4v) is 4.21. The van der Waals surface area contributed by atoms with Gasteiger partial charge in [-0.25, -0.2) is 8.42 Å². The number of carbonyl (C=O) groups is 1. The molecule has 21 heavy (non-hydrogen) atoms. The van der Waals surface area contributed by atoms with Crippen LogP contribution in [0.2, 0.25) is 0 Å². The molecule has 0 heterocycles. The maximum absolute atomic E-state index is 12.2. The molecule has 2 rings (SSSR count). The second kappa shape index (κ2) is 5.89. The average molecular weight is 395 g/mol. The molecule has 1 aliphatic carbocycles. The van der Waals surface area contributed by atoms with Crippen LogP contribution in [0.5, 0.6) is 0 Å². The Labute approximate surface area is 137 Å².